The van der Waals surface area contributed by atoms with Gasteiger partial charge in [0.2, 0.25) is 0 Å². The lowest BCUT2D eigenvalue weighted by Crippen LogP contribution is -2.56. The van der Waals surface area contributed by atoms with Crippen LogP contribution < -0.4 is 0 Å². The molecule has 0 saturated carbocycles. The maximum Gasteiger partial charge on any atom is 0.190 e. The lowest BCUT2D eigenvalue weighted by molar-refractivity contribution is -0.242. The Balaban J connectivity index is 1.34. The van der Waals surface area contributed by atoms with E-state index in [1.54, 1.807) is 0 Å². The zero-order chi connectivity index (χ0) is 22.3. The van der Waals surface area contributed by atoms with Crippen LogP contribution in [0.3, 0.4) is 0 Å². The number of unbranched alkanes of at least 4 members (excludes halogenated alkanes) is 5. The average Bonchev–Trinajstić information content (AvgIpc) is 3.19. The van der Waals surface area contributed by atoms with Crippen LogP contribution in [0.1, 0.15) is 73.1 Å². The van der Waals surface area contributed by atoms with E-state index >= 15 is 0 Å². The Kier molecular flexibility index (Phi) is 9.18. The van der Waals surface area contributed by atoms with Gasteiger partial charge in [-0.2, -0.15) is 0 Å². The summed E-state index contributed by atoms with van der Waals surface area (Å²) in [4.78, 5) is 0. The monoisotopic (exact) mass is 440 g/mol. The van der Waals surface area contributed by atoms with Gasteiger partial charge in [-0.15, -0.1) is 0 Å². The number of ether oxygens (including phenoxy) is 7. The minimum absolute atomic E-state index is 0.259. The summed E-state index contributed by atoms with van der Waals surface area (Å²) in [5, 5.41) is 0. The minimum atomic E-state index is -0.716. The topological polar surface area (TPSA) is 64.6 Å². The molecule has 7 heteroatoms. The summed E-state index contributed by atoms with van der Waals surface area (Å²) in [6.45, 7) is 11.7. The highest BCUT2D eigenvalue weighted by Gasteiger charge is 2.60. The summed E-state index contributed by atoms with van der Waals surface area (Å²) in [5.41, 5.74) is 0. The Morgan fingerprint density at radius 2 is 1.32 bits per heavy atom. The van der Waals surface area contributed by atoms with Crippen LogP contribution in [-0.4, -0.2) is 68.7 Å². The molecular weight excluding hydrogens is 400 g/mol. The van der Waals surface area contributed by atoms with E-state index < -0.39 is 17.9 Å². The summed E-state index contributed by atoms with van der Waals surface area (Å²) in [5.74, 6) is 4.59. The van der Waals surface area contributed by atoms with Gasteiger partial charge in [-0.1, -0.05) is 50.9 Å². The highest BCUT2D eigenvalue weighted by atomic mass is 16.9. The summed E-state index contributed by atoms with van der Waals surface area (Å²) < 4.78 is 41.5. The molecule has 0 aliphatic carbocycles. The van der Waals surface area contributed by atoms with Gasteiger partial charge in [-0.05, 0) is 34.1 Å². The van der Waals surface area contributed by atoms with Crippen molar-refractivity contribution in [1.82, 2.24) is 0 Å². The first-order valence-electron chi connectivity index (χ1n) is 11.8. The van der Waals surface area contributed by atoms with Crippen molar-refractivity contribution >= 4 is 0 Å². The molecule has 5 atom stereocenters. The molecule has 0 unspecified atom stereocenters. The van der Waals surface area contributed by atoms with Crippen molar-refractivity contribution in [2.75, 3.05) is 26.4 Å². The van der Waals surface area contributed by atoms with Gasteiger partial charge in [-0.3, -0.25) is 0 Å². The fraction of sp³-hybridized carbons (Fsp3) is 0.917. The van der Waals surface area contributed by atoms with Gasteiger partial charge in [0.1, 0.15) is 37.6 Å². The van der Waals surface area contributed by atoms with E-state index in [-0.39, 0.29) is 24.4 Å². The second-order valence-corrected chi connectivity index (χ2v) is 9.40. The molecule has 0 aromatic rings. The van der Waals surface area contributed by atoms with Crippen molar-refractivity contribution in [1.29, 1.82) is 0 Å². The van der Waals surface area contributed by atoms with Gasteiger partial charge < -0.3 is 33.2 Å². The predicted octanol–water partition coefficient (Wildman–Crippen LogP) is 3.78. The molecule has 3 aliphatic rings. The smallest absolute Gasteiger partial charge is 0.190 e. The number of rotatable bonds is 11. The van der Waals surface area contributed by atoms with E-state index in [1.165, 1.54) is 32.1 Å². The summed E-state index contributed by atoms with van der Waals surface area (Å²) in [6, 6.07) is 0. The Morgan fingerprint density at radius 3 is 2.10 bits per heavy atom. The molecule has 3 rings (SSSR count). The summed E-state index contributed by atoms with van der Waals surface area (Å²) >= 11 is 0. The van der Waals surface area contributed by atoms with Gasteiger partial charge in [0.05, 0.1) is 6.61 Å². The molecule has 0 radical (unpaired) electrons. The molecule has 3 aliphatic heterocycles. The zero-order valence-corrected chi connectivity index (χ0v) is 19.8. The van der Waals surface area contributed by atoms with Crippen LogP contribution in [0.4, 0.5) is 0 Å². The molecule has 3 heterocycles. The van der Waals surface area contributed by atoms with E-state index in [0.29, 0.717) is 19.8 Å². The van der Waals surface area contributed by atoms with Gasteiger partial charge in [0.15, 0.2) is 17.9 Å². The molecule has 0 aromatic carbocycles. The van der Waals surface area contributed by atoms with Gasteiger partial charge in [0.25, 0.3) is 0 Å². The fourth-order valence-electron chi connectivity index (χ4n) is 4.26. The third kappa shape index (κ3) is 7.40. The van der Waals surface area contributed by atoms with Crippen LogP contribution in [0, 0.1) is 11.8 Å². The standard InChI is InChI=1S/C24H40O7/c1-6-7-8-9-10-11-14-25-15-12-13-16-26-17-18-19-20(29-23(2,3)28-19)21-22(27-18)31-24(4,5)30-21/h18-22H,6-11,14-17H2,1-5H3/t18-,19+,20+,21-,22-/m1/s1. The van der Waals surface area contributed by atoms with E-state index in [1.807, 2.05) is 27.7 Å². The SMILES string of the molecule is CCCCCCCCOCC#CCOC[C@H]1O[C@@H]2OC(C)(C)O[C@@H]2[C@H]2OC(C)(C)O[C@H]21. The third-order valence-electron chi connectivity index (χ3n) is 5.65. The first-order chi connectivity index (χ1) is 14.8. The minimum Gasteiger partial charge on any atom is -0.369 e. The quantitative estimate of drug-likeness (QED) is 0.358. The van der Waals surface area contributed by atoms with Crippen molar-refractivity contribution in [2.45, 2.75) is 115 Å². The van der Waals surface area contributed by atoms with Crippen molar-refractivity contribution in [3.63, 3.8) is 0 Å². The van der Waals surface area contributed by atoms with Crippen LogP contribution >= 0.6 is 0 Å². The first-order valence-corrected chi connectivity index (χ1v) is 11.8. The van der Waals surface area contributed by atoms with E-state index in [9.17, 15) is 0 Å². The van der Waals surface area contributed by atoms with Gasteiger partial charge in [0, 0.05) is 6.61 Å². The Hall–Kier alpha value is -0.720. The molecular formula is C24H40O7. The summed E-state index contributed by atoms with van der Waals surface area (Å²) in [7, 11) is 0. The zero-order valence-electron chi connectivity index (χ0n) is 19.8. The molecule has 178 valence electrons. The number of hydrogen-bond donors (Lipinski definition) is 0. The van der Waals surface area contributed by atoms with Crippen molar-refractivity contribution in [2.24, 2.45) is 0 Å². The normalized spacial score (nSPS) is 32.9. The van der Waals surface area contributed by atoms with Crippen molar-refractivity contribution < 1.29 is 33.2 Å². The molecule has 0 aromatic heterocycles. The van der Waals surface area contributed by atoms with Crippen LogP contribution in [0.25, 0.3) is 0 Å². The number of fused-ring (bicyclic) bond motifs is 3. The molecule has 0 amide bonds. The van der Waals surface area contributed by atoms with Crippen LogP contribution in [-0.2, 0) is 33.2 Å². The molecule has 31 heavy (non-hydrogen) atoms. The second-order valence-electron chi connectivity index (χ2n) is 9.40. The molecule has 3 saturated heterocycles. The average molecular weight is 441 g/mol. The fourth-order valence-corrected chi connectivity index (χ4v) is 4.26. The van der Waals surface area contributed by atoms with Gasteiger partial charge >= 0.3 is 0 Å². The van der Waals surface area contributed by atoms with Crippen LogP contribution in [0.2, 0.25) is 0 Å². The molecule has 0 spiro atoms. The largest absolute Gasteiger partial charge is 0.369 e. The highest BCUT2D eigenvalue weighted by Crippen LogP contribution is 2.44. The third-order valence-corrected chi connectivity index (χ3v) is 5.65. The lowest BCUT2D eigenvalue weighted by atomic mass is 9.99. The summed E-state index contributed by atoms with van der Waals surface area (Å²) in [6.07, 6.45) is 5.91. The molecule has 7 nitrogen and oxygen atoms in total. The van der Waals surface area contributed by atoms with Crippen molar-refractivity contribution in [3.8, 4) is 11.8 Å². The maximum atomic E-state index is 6.11. The predicted molar refractivity (Wildman–Crippen MR) is 115 cm³/mol. The highest BCUT2D eigenvalue weighted by molar-refractivity contribution is 5.01. The first kappa shape index (κ1) is 24.9. The maximum absolute atomic E-state index is 6.11. The molecule has 0 bridgehead atoms. The Bertz CT molecular complexity index is 609. The molecule has 0 N–H and O–H groups in total. The lowest BCUT2D eigenvalue weighted by Gasteiger charge is -2.37. The van der Waals surface area contributed by atoms with E-state index in [2.05, 4.69) is 18.8 Å². The van der Waals surface area contributed by atoms with E-state index in [4.69, 9.17) is 33.2 Å². The number of hydrogen-bond acceptors (Lipinski definition) is 7. The Morgan fingerprint density at radius 1 is 0.710 bits per heavy atom. The Labute approximate surface area is 187 Å². The molecule has 3 fully saturated rings. The van der Waals surface area contributed by atoms with E-state index in [0.717, 1.165) is 13.0 Å². The van der Waals surface area contributed by atoms with Gasteiger partial charge in [-0.25, -0.2) is 0 Å². The van der Waals surface area contributed by atoms with Crippen molar-refractivity contribution in [3.05, 3.63) is 0 Å². The second kappa shape index (κ2) is 11.4. The van der Waals surface area contributed by atoms with Crippen LogP contribution in [0.15, 0.2) is 0 Å². The van der Waals surface area contributed by atoms with Crippen LogP contribution in [0.5, 0.6) is 0 Å².